The van der Waals surface area contributed by atoms with Crippen molar-refractivity contribution in [3.63, 3.8) is 0 Å². The predicted octanol–water partition coefficient (Wildman–Crippen LogP) is 1.37. The van der Waals surface area contributed by atoms with Crippen LogP contribution < -0.4 is 5.14 Å². The molecular formula is C10H13Cl2N3O3S. The number of hydrogen-bond acceptors (Lipinski definition) is 3. The molecule has 0 bridgehead atoms. The first-order valence-electron chi connectivity index (χ1n) is 5.04. The molecule has 0 aliphatic heterocycles. The Bertz CT molecular complexity index is 592. The van der Waals surface area contributed by atoms with Crippen LogP contribution >= 0.6 is 23.2 Å². The number of carbonyl (C=O) groups excluding carboxylic acids is 1. The molecule has 0 radical (unpaired) electrons. The van der Waals surface area contributed by atoms with Crippen molar-refractivity contribution in [1.29, 1.82) is 0 Å². The van der Waals surface area contributed by atoms with Gasteiger partial charge < -0.3 is 5.11 Å². The van der Waals surface area contributed by atoms with Gasteiger partial charge in [-0.15, -0.1) is 4.36 Å². The molecule has 1 aromatic rings. The molecule has 0 aliphatic rings. The van der Waals surface area contributed by atoms with Crippen molar-refractivity contribution >= 4 is 39.2 Å². The fourth-order valence-corrected chi connectivity index (χ4v) is 2.20. The smallest absolute Gasteiger partial charge is 0.289 e. The van der Waals surface area contributed by atoms with E-state index in [0.717, 1.165) is 4.31 Å². The molecule has 0 fully saturated rings. The molecule has 106 valence electrons. The first kappa shape index (κ1) is 16.4. The van der Waals surface area contributed by atoms with Crippen molar-refractivity contribution in [3.8, 4) is 0 Å². The molecule has 0 saturated carbocycles. The normalized spacial score (nSPS) is 15.9. The summed E-state index contributed by atoms with van der Waals surface area (Å²) in [5.41, 5.74) is 0.153. The number of halogens is 2. The highest BCUT2D eigenvalue weighted by Gasteiger charge is 2.20. The van der Waals surface area contributed by atoms with E-state index in [1.807, 2.05) is 0 Å². The fourth-order valence-electron chi connectivity index (χ4n) is 1.14. The number of nitrogens with zero attached hydrogens (tertiary/aromatic N) is 2. The molecule has 1 aromatic carbocycles. The van der Waals surface area contributed by atoms with Crippen LogP contribution in [0.3, 0.4) is 0 Å². The Morgan fingerprint density at radius 2 is 1.84 bits per heavy atom. The van der Waals surface area contributed by atoms with Gasteiger partial charge in [0.25, 0.3) is 5.91 Å². The molecule has 3 N–H and O–H groups in total. The molecule has 0 aromatic heterocycles. The maximum Gasteiger partial charge on any atom is 0.289 e. The number of aliphatic hydroxyl groups is 1. The van der Waals surface area contributed by atoms with Crippen LogP contribution in [0.25, 0.3) is 0 Å². The van der Waals surface area contributed by atoms with Crippen molar-refractivity contribution in [1.82, 2.24) is 4.31 Å². The molecule has 2 atom stereocenters. The highest BCUT2D eigenvalue weighted by molar-refractivity contribution is 7.89. The van der Waals surface area contributed by atoms with Crippen molar-refractivity contribution in [2.24, 2.45) is 9.50 Å². The highest BCUT2D eigenvalue weighted by atomic mass is 35.5. The standard InChI is InChI=1S/C10H13Cl2N3O3S/c1-15(2)19(13,18)14-10(17)9(16)6-3-7(11)5-8(12)4-6/h3-5,9,16H,1-2H3,(H2,13,14,17,18). The maximum atomic E-state index is 11.7. The van der Waals surface area contributed by atoms with Crippen LogP contribution in [0.2, 0.25) is 10.0 Å². The molecule has 0 heterocycles. The zero-order valence-corrected chi connectivity index (χ0v) is 12.5. The summed E-state index contributed by atoms with van der Waals surface area (Å²) in [4.78, 5) is 11.7. The van der Waals surface area contributed by atoms with E-state index in [0.29, 0.717) is 0 Å². The number of rotatable bonds is 3. The van der Waals surface area contributed by atoms with Crippen LogP contribution in [-0.2, 0) is 14.9 Å². The topological polar surface area (TPSA) is 96.0 Å². The van der Waals surface area contributed by atoms with E-state index >= 15 is 0 Å². The van der Waals surface area contributed by atoms with Crippen LogP contribution in [0.5, 0.6) is 0 Å². The van der Waals surface area contributed by atoms with Gasteiger partial charge in [-0.2, -0.15) is 0 Å². The first-order chi connectivity index (χ1) is 8.63. The third kappa shape index (κ3) is 4.41. The van der Waals surface area contributed by atoms with Crippen molar-refractivity contribution in [3.05, 3.63) is 33.8 Å². The zero-order chi connectivity index (χ0) is 14.8. The van der Waals surface area contributed by atoms with E-state index in [1.165, 1.54) is 32.3 Å². The molecule has 19 heavy (non-hydrogen) atoms. The number of nitrogens with two attached hydrogens (primary N) is 1. The van der Waals surface area contributed by atoms with Crippen LogP contribution in [0.1, 0.15) is 11.7 Å². The van der Waals surface area contributed by atoms with Gasteiger partial charge in [0, 0.05) is 24.1 Å². The summed E-state index contributed by atoms with van der Waals surface area (Å²) >= 11 is 11.5. The van der Waals surface area contributed by atoms with Gasteiger partial charge in [0.1, 0.15) is 0 Å². The molecule has 6 nitrogen and oxygen atoms in total. The van der Waals surface area contributed by atoms with Gasteiger partial charge in [-0.3, -0.25) is 4.79 Å². The number of hydrogen-bond donors (Lipinski definition) is 2. The summed E-state index contributed by atoms with van der Waals surface area (Å²) in [6, 6.07) is 4.17. The van der Waals surface area contributed by atoms with Gasteiger partial charge in [0.2, 0.25) is 0 Å². The molecule has 0 saturated heterocycles. The van der Waals surface area contributed by atoms with Gasteiger partial charge in [-0.05, 0) is 23.8 Å². The van der Waals surface area contributed by atoms with Gasteiger partial charge in [-0.25, -0.2) is 13.7 Å². The molecule has 2 unspecified atom stereocenters. The fraction of sp³-hybridized carbons (Fsp3) is 0.300. The number of benzene rings is 1. The molecule has 9 heteroatoms. The van der Waals surface area contributed by atoms with Crippen LogP contribution in [0.4, 0.5) is 0 Å². The Kier molecular flexibility index (Phi) is 5.31. The second-order valence-corrected chi connectivity index (χ2v) is 6.75. The Labute approximate surface area is 121 Å². The van der Waals surface area contributed by atoms with E-state index in [2.05, 4.69) is 4.36 Å². The summed E-state index contributed by atoms with van der Waals surface area (Å²) in [6.07, 6.45) is -1.62. The van der Waals surface area contributed by atoms with E-state index in [-0.39, 0.29) is 15.6 Å². The van der Waals surface area contributed by atoms with Crippen LogP contribution in [0, 0.1) is 0 Å². The second kappa shape index (κ2) is 6.17. The third-order valence-corrected chi connectivity index (χ3v) is 4.10. The first-order valence-corrected chi connectivity index (χ1v) is 7.33. The lowest BCUT2D eigenvalue weighted by molar-refractivity contribution is -0.125. The van der Waals surface area contributed by atoms with E-state index in [1.54, 1.807) is 0 Å². The molecule has 1 rings (SSSR count). The minimum absolute atomic E-state index is 0.153. The maximum absolute atomic E-state index is 11.7. The summed E-state index contributed by atoms with van der Waals surface area (Å²) in [5, 5.41) is 15.7. The van der Waals surface area contributed by atoms with E-state index in [4.69, 9.17) is 28.3 Å². The second-order valence-electron chi connectivity index (χ2n) is 3.88. The Balaban J connectivity index is 3.11. The average Bonchev–Trinajstić information content (AvgIpc) is 2.25. The molecule has 1 amide bonds. The Morgan fingerprint density at radius 3 is 2.26 bits per heavy atom. The van der Waals surface area contributed by atoms with Gasteiger partial charge in [-0.1, -0.05) is 23.2 Å². The van der Waals surface area contributed by atoms with Crippen LogP contribution in [0.15, 0.2) is 22.6 Å². The third-order valence-electron chi connectivity index (χ3n) is 2.18. The van der Waals surface area contributed by atoms with E-state index < -0.39 is 22.1 Å². The molecular weight excluding hydrogens is 313 g/mol. The Morgan fingerprint density at radius 1 is 1.37 bits per heavy atom. The summed E-state index contributed by atoms with van der Waals surface area (Å²) < 4.78 is 16.1. The number of amides is 1. The summed E-state index contributed by atoms with van der Waals surface area (Å²) in [6.45, 7) is 0. The van der Waals surface area contributed by atoms with Crippen molar-refractivity contribution in [2.45, 2.75) is 6.10 Å². The predicted molar refractivity (Wildman–Crippen MR) is 74.9 cm³/mol. The lowest BCUT2D eigenvalue weighted by Gasteiger charge is -2.13. The van der Waals surface area contributed by atoms with E-state index in [9.17, 15) is 14.1 Å². The zero-order valence-electron chi connectivity index (χ0n) is 10.2. The van der Waals surface area contributed by atoms with Gasteiger partial charge in [0.05, 0.1) is 0 Å². The molecule has 0 aliphatic carbocycles. The van der Waals surface area contributed by atoms with Gasteiger partial charge in [0.15, 0.2) is 16.2 Å². The highest BCUT2D eigenvalue weighted by Crippen LogP contribution is 2.24. The SMILES string of the molecule is CN(C)S(N)(=O)=NC(=O)C(O)c1cc(Cl)cc(Cl)c1. The number of aliphatic hydroxyl groups excluding tert-OH is 1. The minimum Gasteiger partial charge on any atom is -0.378 e. The van der Waals surface area contributed by atoms with Crippen LogP contribution in [-0.4, -0.2) is 33.6 Å². The minimum atomic E-state index is -3.34. The lowest BCUT2D eigenvalue weighted by atomic mass is 10.1. The molecule has 0 spiro atoms. The van der Waals surface area contributed by atoms with Crippen molar-refractivity contribution < 1.29 is 14.1 Å². The monoisotopic (exact) mass is 325 g/mol. The number of carbonyl (C=O) groups is 1. The average molecular weight is 326 g/mol. The summed E-state index contributed by atoms with van der Waals surface area (Å²) in [5.74, 6) is -1.03. The largest absolute Gasteiger partial charge is 0.378 e. The lowest BCUT2D eigenvalue weighted by Crippen LogP contribution is -2.31. The van der Waals surface area contributed by atoms with Gasteiger partial charge >= 0.3 is 0 Å². The Hall–Kier alpha value is -0.700. The van der Waals surface area contributed by atoms with Crippen molar-refractivity contribution in [2.75, 3.05) is 14.1 Å². The quantitative estimate of drug-likeness (QED) is 0.878. The summed E-state index contributed by atoms with van der Waals surface area (Å²) in [7, 11) is -0.529.